The Kier molecular flexibility index (Phi) is 3.10. The lowest BCUT2D eigenvalue weighted by Crippen LogP contribution is -2.49. The van der Waals surface area contributed by atoms with Crippen LogP contribution in [0.3, 0.4) is 0 Å². The Hall–Kier alpha value is -0.770. The number of rotatable bonds is 1. The van der Waals surface area contributed by atoms with Crippen LogP contribution in [0.5, 0.6) is 0 Å². The van der Waals surface area contributed by atoms with Crippen molar-refractivity contribution in [3.63, 3.8) is 0 Å². The monoisotopic (exact) mass is 231 g/mol. The van der Waals surface area contributed by atoms with Gasteiger partial charge in [0.05, 0.1) is 11.5 Å². The van der Waals surface area contributed by atoms with Gasteiger partial charge in [-0.05, 0) is 56.8 Å². The van der Waals surface area contributed by atoms with Crippen LogP contribution in [0.15, 0.2) is 12.2 Å². The van der Waals surface area contributed by atoms with Gasteiger partial charge in [-0.15, -0.1) is 0 Å². The molecule has 1 heteroatoms. The van der Waals surface area contributed by atoms with Gasteiger partial charge in [0.2, 0.25) is 0 Å². The second-order valence-corrected chi connectivity index (χ2v) is 6.86. The van der Waals surface area contributed by atoms with E-state index in [0.717, 1.165) is 6.42 Å². The van der Waals surface area contributed by atoms with Crippen molar-refractivity contribution in [2.75, 3.05) is 0 Å². The summed E-state index contributed by atoms with van der Waals surface area (Å²) in [7, 11) is 0. The molecule has 0 amide bonds. The third kappa shape index (κ3) is 1.92. The fourth-order valence-corrected chi connectivity index (χ4v) is 4.70. The van der Waals surface area contributed by atoms with Crippen LogP contribution < -0.4 is 0 Å². The van der Waals surface area contributed by atoms with E-state index < -0.39 is 0 Å². The minimum Gasteiger partial charge on any atom is -0.198 e. The molecule has 0 aromatic heterocycles. The lowest BCUT2D eigenvalue weighted by atomic mass is 9.48. The quantitative estimate of drug-likeness (QED) is 0.600. The lowest BCUT2D eigenvalue weighted by Gasteiger charge is -2.55. The van der Waals surface area contributed by atoms with Gasteiger partial charge in [-0.25, -0.2) is 0 Å². The van der Waals surface area contributed by atoms with Gasteiger partial charge in [0.15, 0.2) is 0 Å². The molecule has 17 heavy (non-hydrogen) atoms. The average Bonchev–Trinajstić information content (AvgIpc) is 2.27. The normalized spacial score (nSPS) is 45.8. The highest BCUT2D eigenvalue weighted by Crippen LogP contribution is 2.60. The smallest absolute Gasteiger partial charge is 0.0690 e. The van der Waals surface area contributed by atoms with Crippen molar-refractivity contribution in [3.8, 4) is 6.07 Å². The van der Waals surface area contributed by atoms with Crippen LogP contribution in [0.4, 0.5) is 0 Å². The highest BCUT2D eigenvalue weighted by Gasteiger charge is 2.53. The van der Waals surface area contributed by atoms with Gasteiger partial charge < -0.3 is 0 Å². The number of nitriles is 1. The minimum atomic E-state index is -0.128. The highest BCUT2D eigenvalue weighted by atomic mass is 14.6. The van der Waals surface area contributed by atoms with Crippen molar-refractivity contribution in [1.82, 2.24) is 0 Å². The fourth-order valence-electron chi connectivity index (χ4n) is 4.70. The largest absolute Gasteiger partial charge is 0.198 e. The van der Waals surface area contributed by atoms with E-state index in [-0.39, 0.29) is 5.41 Å². The molecule has 1 nitrogen and oxygen atoms in total. The van der Waals surface area contributed by atoms with Crippen molar-refractivity contribution in [1.29, 1.82) is 5.26 Å². The number of hydrogen-bond donors (Lipinski definition) is 0. The van der Waals surface area contributed by atoms with E-state index in [4.69, 9.17) is 0 Å². The first-order valence-corrected chi connectivity index (χ1v) is 7.00. The molecule has 2 saturated carbocycles. The van der Waals surface area contributed by atoms with Crippen molar-refractivity contribution >= 4 is 0 Å². The predicted octanol–water partition coefficient (Wildman–Crippen LogP) is 4.70. The maximum atomic E-state index is 9.62. The van der Waals surface area contributed by atoms with Gasteiger partial charge >= 0.3 is 0 Å². The maximum Gasteiger partial charge on any atom is 0.0690 e. The molecular weight excluding hydrogens is 206 g/mol. The molecule has 0 spiro atoms. The predicted molar refractivity (Wildman–Crippen MR) is 71.3 cm³/mol. The van der Waals surface area contributed by atoms with Crippen LogP contribution in [0.25, 0.3) is 0 Å². The standard InChI is InChI=1S/C16H25N/c1-12(2)13-7-5-8-15(3)9-6-10-16(4,11-17)14(13)15/h13-14H,1,5-10H2,2-4H3/t13-,14+,15+,16+/m1/s1. The van der Waals surface area contributed by atoms with Gasteiger partial charge in [0.25, 0.3) is 0 Å². The van der Waals surface area contributed by atoms with Gasteiger partial charge in [0, 0.05) is 0 Å². The molecule has 0 aromatic carbocycles. The number of fused-ring (bicyclic) bond motifs is 1. The second-order valence-electron chi connectivity index (χ2n) is 6.86. The molecule has 2 rings (SSSR count). The fraction of sp³-hybridized carbons (Fsp3) is 0.812. The Morgan fingerprint density at radius 1 is 1.24 bits per heavy atom. The molecule has 0 N–H and O–H groups in total. The summed E-state index contributed by atoms with van der Waals surface area (Å²) in [5.41, 5.74) is 1.55. The van der Waals surface area contributed by atoms with Crippen LogP contribution in [-0.4, -0.2) is 0 Å². The topological polar surface area (TPSA) is 23.8 Å². The molecule has 0 heterocycles. The number of allylic oxidation sites excluding steroid dienone is 1. The molecule has 2 aliphatic rings. The van der Waals surface area contributed by atoms with Gasteiger partial charge in [-0.3, -0.25) is 0 Å². The molecule has 94 valence electrons. The zero-order valence-corrected chi connectivity index (χ0v) is 11.6. The molecule has 0 saturated heterocycles. The molecule has 0 aromatic rings. The first kappa shape index (κ1) is 12.7. The van der Waals surface area contributed by atoms with E-state index in [9.17, 15) is 5.26 Å². The van der Waals surface area contributed by atoms with E-state index in [0.29, 0.717) is 17.3 Å². The van der Waals surface area contributed by atoms with E-state index in [1.165, 1.54) is 37.7 Å². The molecule has 2 fully saturated rings. The Morgan fingerprint density at radius 2 is 1.88 bits per heavy atom. The summed E-state index contributed by atoms with van der Waals surface area (Å²) in [6.45, 7) is 11.0. The van der Waals surface area contributed by atoms with Crippen molar-refractivity contribution in [3.05, 3.63) is 12.2 Å². The summed E-state index contributed by atoms with van der Waals surface area (Å²) in [6, 6.07) is 2.65. The van der Waals surface area contributed by atoms with Crippen molar-refractivity contribution < 1.29 is 0 Å². The van der Waals surface area contributed by atoms with Crippen LogP contribution in [0.2, 0.25) is 0 Å². The summed E-state index contributed by atoms with van der Waals surface area (Å²) < 4.78 is 0. The molecule has 0 aliphatic heterocycles. The number of hydrogen-bond acceptors (Lipinski definition) is 1. The van der Waals surface area contributed by atoms with E-state index in [1.807, 2.05) is 0 Å². The summed E-state index contributed by atoms with van der Waals surface area (Å²) in [5.74, 6) is 1.10. The van der Waals surface area contributed by atoms with Crippen LogP contribution in [0, 0.1) is 34.0 Å². The van der Waals surface area contributed by atoms with Crippen LogP contribution >= 0.6 is 0 Å². The third-order valence-electron chi connectivity index (χ3n) is 5.44. The Balaban J connectivity index is 2.42. The molecule has 4 atom stereocenters. The third-order valence-corrected chi connectivity index (χ3v) is 5.44. The van der Waals surface area contributed by atoms with Gasteiger partial charge in [0.1, 0.15) is 0 Å². The van der Waals surface area contributed by atoms with E-state index >= 15 is 0 Å². The minimum absolute atomic E-state index is 0.128. The first-order valence-electron chi connectivity index (χ1n) is 7.00. The Morgan fingerprint density at radius 3 is 2.47 bits per heavy atom. The SMILES string of the molecule is C=C(C)[C@H]1CCC[C@@]2(C)CCC[C@@](C)(C#N)[C@@H]12. The summed E-state index contributed by atoms with van der Waals surface area (Å²) >= 11 is 0. The molecule has 2 aliphatic carbocycles. The van der Waals surface area contributed by atoms with E-state index in [1.54, 1.807) is 0 Å². The molecule has 0 unspecified atom stereocenters. The Labute approximate surface area is 106 Å². The number of nitrogens with zero attached hydrogens (tertiary/aromatic N) is 1. The highest BCUT2D eigenvalue weighted by molar-refractivity contribution is 5.16. The summed E-state index contributed by atoms with van der Waals surface area (Å²) in [4.78, 5) is 0. The van der Waals surface area contributed by atoms with Crippen LogP contribution in [0.1, 0.15) is 59.3 Å². The van der Waals surface area contributed by atoms with Gasteiger partial charge in [-0.1, -0.05) is 31.9 Å². The van der Waals surface area contributed by atoms with Crippen molar-refractivity contribution in [2.24, 2.45) is 22.7 Å². The Bertz CT molecular complexity index is 360. The van der Waals surface area contributed by atoms with Crippen molar-refractivity contribution in [2.45, 2.75) is 59.3 Å². The first-order chi connectivity index (χ1) is 7.93. The summed E-state index contributed by atoms with van der Waals surface area (Å²) in [5, 5.41) is 9.62. The van der Waals surface area contributed by atoms with Gasteiger partial charge in [-0.2, -0.15) is 5.26 Å². The van der Waals surface area contributed by atoms with E-state index in [2.05, 4.69) is 33.4 Å². The van der Waals surface area contributed by atoms with Crippen LogP contribution in [-0.2, 0) is 0 Å². The second kappa shape index (κ2) is 4.16. The molecule has 0 radical (unpaired) electrons. The average molecular weight is 231 g/mol. The zero-order chi connectivity index (χ0) is 12.7. The molecule has 0 bridgehead atoms. The molecular formula is C16H25N. The lowest BCUT2D eigenvalue weighted by molar-refractivity contribution is -0.0409. The summed E-state index contributed by atoms with van der Waals surface area (Å²) in [6.07, 6.45) is 7.46. The zero-order valence-electron chi connectivity index (χ0n) is 11.6. The maximum absolute atomic E-state index is 9.62.